The summed E-state index contributed by atoms with van der Waals surface area (Å²) in [7, 11) is 0. The molecule has 1 amide bonds. The van der Waals surface area contributed by atoms with Crippen molar-refractivity contribution in [2.45, 2.75) is 19.8 Å². The fourth-order valence-electron chi connectivity index (χ4n) is 3.25. The Balaban J connectivity index is 1.58. The highest BCUT2D eigenvalue weighted by atomic mass is 16.2. The van der Waals surface area contributed by atoms with Gasteiger partial charge in [0.05, 0.1) is 17.5 Å². The average Bonchev–Trinajstić information content (AvgIpc) is 3.26. The number of hydrogen-bond acceptors (Lipinski definition) is 3. The van der Waals surface area contributed by atoms with Crippen LogP contribution in [0.1, 0.15) is 41.3 Å². The zero-order valence-electron chi connectivity index (χ0n) is 17.6. The Bertz CT molecular complexity index is 1180. The Labute approximate surface area is 182 Å². The van der Waals surface area contributed by atoms with Crippen LogP contribution in [0.25, 0.3) is 16.9 Å². The standard InChI is InChI=1S/C26H24N4O/c1-19(2)21-15-13-20(14-16-21)17-27-28-26(31)24-18-30(23-11-7-4-8-12-23)29-25(24)22-9-5-3-6-10-22/h3-19H,1-2H3,(H,28,31)/b27-17-. The van der Waals surface area contributed by atoms with E-state index in [0.29, 0.717) is 17.2 Å². The van der Waals surface area contributed by atoms with Crippen molar-refractivity contribution in [3.8, 4) is 16.9 Å². The highest BCUT2D eigenvalue weighted by Crippen LogP contribution is 2.23. The maximum absolute atomic E-state index is 12.9. The fourth-order valence-corrected chi connectivity index (χ4v) is 3.25. The van der Waals surface area contributed by atoms with Gasteiger partial charge < -0.3 is 0 Å². The molecule has 0 aliphatic heterocycles. The zero-order valence-corrected chi connectivity index (χ0v) is 17.6. The maximum Gasteiger partial charge on any atom is 0.275 e. The van der Waals surface area contributed by atoms with Gasteiger partial charge in [-0.1, -0.05) is 86.6 Å². The molecule has 0 unspecified atom stereocenters. The third-order valence-corrected chi connectivity index (χ3v) is 5.01. The van der Waals surface area contributed by atoms with Crippen LogP contribution in [-0.2, 0) is 0 Å². The topological polar surface area (TPSA) is 59.3 Å². The van der Waals surface area contributed by atoms with Crippen molar-refractivity contribution in [3.63, 3.8) is 0 Å². The van der Waals surface area contributed by atoms with E-state index in [-0.39, 0.29) is 5.91 Å². The van der Waals surface area contributed by atoms with Gasteiger partial charge in [-0.05, 0) is 29.2 Å². The van der Waals surface area contributed by atoms with Crippen molar-refractivity contribution in [3.05, 3.63) is 108 Å². The lowest BCUT2D eigenvalue weighted by Crippen LogP contribution is -2.18. The molecular formula is C26H24N4O. The monoisotopic (exact) mass is 408 g/mol. The van der Waals surface area contributed by atoms with Crippen LogP contribution in [0.4, 0.5) is 0 Å². The van der Waals surface area contributed by atoms with Crippen LogP contribution >= 0.6 is 0 Å². The van der Waals surface area contributed by atoms with E-state index in [4.69, 9.17) is 0 Å². The number of carbonyl (C=O) groups is 1. The van der Waals surface area contributed by atoms with Crippen LogP contribution in [0.15, 0.2) is 96.2 Å². The Morgan fingerprint density at radius 2 is 1.58 bits per heavy atom. The first-order valence-corrected chi connectivity index (χ1v) is 10.3. The molecule has 31 heavy (non-hydrogen) atoms. The summed E-state index contributed by atoms with van der Waals surface area (Å²) in [6.45, 7) is 4.31. The molecule has 0 saturated heterocycles. The molecule has 0 bridgehead atoms. The summed E-state index contributed by atoms with van der Waals surface area (Å²) in [4.78, 5) is 12.9. The van der Waals surface area contributed by atoms with Gasteiger partial charge in [0.2, 0.25) is 0 Å². The second-order valence-corrected chi connectivity index (χ2v) is 7.56. The number of carbonyl (C=O) groups excluding carboxylic acids is 1. The van der Waals surface area contributed by atoms with Gasteiger partial charge in [0.25, 0.3) is 5.91 Å². The molecule has 5 heteroatoms. The molecule has 1 aromatic heterocycles. The van der Waals surface area contributed by atoms with E-state index in [1.165, 1.54) is 5.56 Å². The van der Waals surface area contributed by atoms with E-state index in [2.05, 4.69) is 41.6 Å². The van der Waals surface area contributed by atoms with Gasteiger partial charge in [-0.2, -0.15) is 10.2 Å². The molecule has 4 aromatic rings. The number of benzene rings is 3. The normalized spacial score (nSPS) is 11.2. The Hall–Kier alpha value is -3.99. The smallest absolute Gasteiger partial charge is 0.267 e. The molecule has 0 fully saturated rings. The van der Waals surface area contributed by atoms with E-state index in [1.807, 2.05) is 72.8 Å². The van der Waals surface area contributed by atoms with Gasteiger partial charge in [-0.25, -0.2) is 10.1 Å². The Kier molecular flexibility index (Phi) is 6.03. The summed E-state index contributed by atoms with van der Waals surface area (Å²) in [6, 6.07) is 27.5. The summed E-state index contributed by atoms with van der Waals surface area (Å²) in [6.07, 6.45) is 3.38. The largest absolute Gasteiger partial charge is 0.275 e. The van der Waals surface area contributed by atoms with Gasteiger partial charge in [-0.15, -0.1) is 0 Å². The number of aromatic nitrogens is 2. The quantitative estimate of drug-likeness (QED) is 0.342. The van der Waals surface area contributed by atoms with Crippen molar-refractivity contribution in [2.24, 2.45) is 5.10 Å². The Morgan fingerprint density at radius 3 is 2.23 bits per heavy atom. The predicted molar refractivity (Wildman–Crippen MR) is 125 cm³/mol. The van der Waals surface area contributed by atoms with Crippen molar-refractivity contribution in [2.75, 3.05) is 0 Å². The second kappa shape index (κ2) is 9.22. The number of hydrogen-bond donors (Lipinski definition) is 1. The van der Waals surface area contributed by atoms with Crippen LogP contribution in [0.2, 0.25) is 0 Å². The summed E-state index contributed by atoms with van der Waals surface area (Å²) in [5.41, 5.74) is 7.65. The highest BCUT2D eigenvalue weighted by Gasteiger charge is 2.18. The van der Waals surface area contributed by atoms with Crippen LogP contribution < -0.4 is 5.43 Å². The Morgan fingerprint density at radius 1 is 0.935 bits per heavy atom. The number of nitrogens with one attached hydrogen (secondary N) is 1. The molecule has 0 aliphatic carbocycles. The highest BCUT2D eigenvalue weighted by molar-refractivity contribution is 6.00. The summed E-state index contributed by atoms with van der Waals surface area (Å²) < 4.78 is 1.71. The number of para-hydroxylation sites is 1. The summed E-state index contributed by atoms with van der Waals surface area (Å²) in [5.74, 6) is 0.166. The van der Waals surface area contributed by atoms with Gasteiger partial charge in [0, 0.05) is 11.8 Å². The van der Waals surface area contributed by atoms with Crippen molar-refractivity contribution < 1.29 is 4.79 Å². The van der Waals surface area contributed by atoms with Crippen LogP contribution in [0.5, 0.6) is 0 Å². The van der Waals surface area contributed by atoms with E-state index < -0.39 is 0 Å². The molecular weight excluding hydrogens is 384 g/mol. The number of nitrogens with zero attached hydrogens (tertiary/aromatic N) is 3. The molecule has 4 rings (SSSR count). The van der Waals surface area contributed by atoms with E-state index >= 15 is 0 Å². The third kappa shape index (κ3) is 4.78. The molecule has 3 aromatic carbocycles. The molecule has 0 atom stereocenters. The van der Waals surface area contributed by atoms with Crippen molar-refractivity contribution in [1.29, 1.82) is 0 Å². The minimum atomic E-state index is -0.309. The average molecular weight is 409 g/mol. The first-order chi connectivity index (χ1) is 15.1. The maximum atomic E-state index is 12.9. The van der Waals surface area contributed by atoms with Crippen LogP contribution in [-0.4, -0.2) is 21.9 Å². The number of rotatable bonds is 6. The van der Waals surface area contributed by atoms with Crippen LogP contribution in [0, 0.1) is 0 Å². The first-order valence-electron chi connectivity index (χ1n) is 10.3. The lowest BCUT2D eigenvalue weighted by atomic mass is 10.0. The summed E-state index contributed by atoms with van der Waals surface area (Å²) in [5, 5.41) is 8.82. The minimum Gasteiger partial charge on any atom is -0.267 e. The molecule has 154 valence electrons. The van der Waals surface area contributed by atoms with Gasteiger partial charge >= 0.3 is 0 Å². The van der Waals surface area contributed by atoms with Gasteiger partial charge in [0.15, 0.2) is 0 Å². The third-order valence-electron chi connectivity index (χ3n) is 5.01. The van der Waals surface area contributed by atoms with Gasteiger partial charge in [0.1, 0.15) is 5.69 Å². The first kappa shape index (κ1) is 20.3. The zero-order chi connectivity index (χ0) is 21.6. The minimum absolute atomic E-state index is 0.309. The molecule has 0 saturated carbocycles. The lowest BCUT2D eigenvalue weighted by molar-refractivity contribution is 0.0955. The number of hydrazone groups is 1. The molecule has 5 nitrogen and oxygen atoms in total. The van der Waals surface area contributed by atoms with Crippen molar-refractivity contribution >= 4 is 12.1 Å². The fraction of sp³-hybridized carbons (Fsp3) is 0.115. The predicted octanol–water partition coefficient (Wildman–Crippen LogP) is 5.43. The molecule has 0 aliphatic rings. The van der Waals surface area contributed by atoms with Crippen molar-refractivity contribution in [1.82, 2.24) is 15.2 Å². The SMILES string of the molecule is CC(C)c1ccc(/C=N\NC(=O)c2cn(-c3ccccc3)nc2-c2ccccc2)cc1. The molecule has 1 heterocycles. The van der Waals surface area contributed by atoms with E-state index in [9.17, 15) is 4.79 Å². The molecule has 1 N–H and O–H groups in total. The second-order valence-electron chi connectivity index (χ2n) is 7.56. The molecule has 0 spiro atoms. The molecule has 0 radical (unpaired) electrons. The number of amides is 1. The van der Waals surface area contributed by atoms with E-state index in [0.717, 1.165) is 16.8 Å². The van der Waals surface area contributed by atoms with Gasteiger partial charge in [-0.3, -0.25) is 4.79 Å². The lowest BCUT2D eigenvalue weighted by Gasteiger charge is -2.04. The summed E-state index contributed by atoms with van der Waals surface area (Å²) >= 11 is 0. The van der Waals surface area contributed by atoms with Crippen LogP contribution in [0.3, 0.4) is 0 Å². The van der Waals surface area contributed by atoms with E-state index in [1.54, 1.807) is 17.1 Å².